The molecule has 3 nitrogen and oxygen atoms in total. The fourth-order valence-corrected chi connectivity index (χ4v) is 3.14. The van der Waals surface area contributed by atoms with Gasteiger partial charge in [-0.05, 0) is 30.7 Å². The van der Waals surface area contributed by atoms with Gasteiger partial charge in [-0.15, -0.1) is 11.3 Å². The smallest absolute Gasteiger partial charge is 0.351 e. The first-order valence-corrected chi connectivity index (χ1v) is 7.26. The Kier molecular flexibility index (Phi) is 5.66. The molecule has 0 amide bonds. The molecule has 0 radical (unpaired) electrons. The van der Waals surface area contributed by atoms with E-state index in [-0.39, 0.29) is 5.75 Å². The number of esters is 1. The van der Waals surface area contributed by atoms with Crippen LogP contribution >= 0.6 is 11.3 Å². The molecule has 4 heteroatoms. The van der Waals surface area contributed by atoms with Gasteiger partial charge in [0.05, 0.1) is 7.11 Å². The summed E-state index contributed by atoms with van der Waals surface area (Å²) in [6, 6.07) is 1.72. The lowest BCUT2D eigenvalue weighted by Gasteiger charge is -2.17. The lowest BCUT2D eigenvalue weighted by molar-refractivity contribution is 0.0603. The number of methoxy groups -OCH3 is 1. The van der Waals surface area contributed by atoms with Gasteiger partial charge in [0, 0.05) is 4.88 Å². The summed E-state index contributed by atoms with van der Waals surface area (Å²) in [6.45, 7) is 6.56. The Morgan fingerprint density at radius 2 is 2.11 bits per heavy atom. The van der Waals surface area contributed by atoms with E-state index < -0.39 is 5.97 Å². The van der Waals surface area contributed by atoms with Crippen LogP contribution in [0.15, 0.2) is 6.07 Å². The molecule has 0 bridgehead atoms. The first-order chi connectivity index (χ1) is 8.53. The van der Waals surface area contributed by atoms with Crippen LogP contribution in [0, 0.1) is 5.92 Å². The molecule has 0 aliphatic rings. The van der Waals surface area contributed by atoms with Gasteiger partial charge in [-0.3, -0.25) is 0 Å². The van der Waals surface area contributed by atoms with E-state index in [0.29, 0.717) is 16.7 Å². The fourth-order valence-electron chi connectivity index (χ4n) is 1.98. The predicted octanol–water partition coefficient (Wildman–Crippen LogP) is 4.17. The SMILES string of the molecule is CCC(C)CC(CC)c1cc(O)c(C(=O)OC)s1. The zero-order valence-electron chi connectivity index (χ0n) is 11.5. The zero-order valence-corrected chi connectivity index (χ0v) is 12.3. The predicted molar refractivity (Wildman–Crippen MR) is 74.4 cm³/mol. The highest BCUT2D eigenvalue weighted by atomic mass is 32.1. The van der Waals surface area contributed by atoms with Crippen LogP contribution in [0.2, 0.25) is 0 Å². The Morgan fingerprint density at radius 1 is 1.44 bits per heavy atom. The molecule has 1 aromatic heterocycles. The quantitative estimate of drug-likeness (QED) is 0.789. The topological polar surface area (TPSA) is 46.5 Å². The Bertz CT molecular complexity index is 398. The molecule has 0 spiro atoms. The number of hydrogen-bond acceptors (Lipinski definition) is 4. The summed E-state index contributed by atoms with van der Waals surface area (Å²) in [4.78, 5) is 12.9. The van der Waals surface area contributed by atoms with E-state index in [4.69, 9.17) is 0 Å². The summed E-state index contributed by atoms with van der Waals surface area (Å²) in [5, 5.41) is 9.78. The lowest BCUT2D eigenvalue weighted by Crippen LogP contribution is -2.02. The average Bonchev–Trinajstić information content (AvgIpc) is 2.76. The van der Waals surface area contributed by atoms with Crippen LogP contribution in [0.25, 0.3) is 0 Å². The Labute approximate surface area is 113 Å². The normalized spacial score (nSPS) is 14.2. The summed E-state index contributed by atoms with van der Waals surface area (Å²) in [5.41, 5.74) is 0. The van der Waals surface area contributed by atoms with Gasteiger partial charge in [0.1, 0.15) is 5.75 Å². The molecule has 0 aliphatic heterocycles. The van der Waals surface area contributed by atoms with Crippen molar-refractivity contribution >= 4 is 17.3 Å². The molecule has 18 heavy (non-hydrogen) atoms. The number of aromatic hydroxyl groups is 1. The Hall–Kier alpha value is -1.03. The third kappa shape index (κ3) is 3.48. The van der Waals surface area contributed by atoms with Crippen LogP contribution in [0.1, 0.15) is 60.5 Å². The van der Waals surface area contributed by atoms with Crippen molar-refractivity contribution < 1.29 is 14.6 Å². The van der Waals surface area contributed by atoms with Crippen molar-refractivity contribution in [3.8, 4) is 5.75 Å². The third-order valence-electron chi connectivity index (χ3n) is 3.38. The van der Waals surface area contributed by atoms with E-state index in [9.17, 15) is 9.90 Å². The molecule has 1 rings (SSSR count). The van der Waals surface area contributed by atoms with Gasteiger partial charge in [-0.2, -0.15) is 0 Å². The van der Waals surface area contributed by atoms with E-state index in [1.165, 1.54) is 18.4 Å². The van der Waals surface area contributed by atoms with Crippen molar-refractivity contribution in [2.45, 2.75) is 46.0 Å². The molecule has 102 valence electrons. The molecule has 2 atom stereocenters. The van der Waals surface area contributed by atoms with Crippen molar-refractivity contribution in [2.75, 3.05) is 7.11 Å². The zero-order chi connectivity index (χ0) is 13.7. The number of carbonyl (C=O) groups excluding carboxylic acids is 1. The van der Waals surface area contributed by atoms with Gasteiger partial charge < -0.3 is 9.84 Å². The lowest BCUT2D eigenvalue weighted by atomic mass is 9.91. The summed E-state index contributed by atoms with van der Waals surface area (Å²) >= 11 is 1.35. The standard InChI is InChI=1S/C14H22O3S/c1-5-9(3)7-10(6-2)12-8-11(15)13(18-12)14(16)17-4/h8-10,15H,5-7H2,1-4H3. The van der Waals surface area contributed by atoms with Crippen LogP contribution in [-0.4, -0.2) is 18.2 Å². The minimum atomic E-state index is -0.456. The highest BCUT2D eigenvalue weighted by molar-refractivity contribution is 7.14. The van der Waals surface area contributed by atoms with Crippen LogP contribution < -0.4 is 0 Å². The van der Waals surface area contributed by atoms with E-state index >= 15 is 0 Å². The maximum absolute atomic E-state index is 11.5. The highest BCUT2D eigenvalue weighted by Gasteiger charge is 2.21. The summed E-state index contributed by atoms with van der Waals surface area (Å²) in [5.74, 6) is 0.654. The van der Waals surface area contributed by atoms with Crippen LogP contribution in [0.3, 0.4) is 0 Å². The second-order valence-electron chi connectivity index (χ2n) is 4.71. The third-order valence-corrected chi connectivity index (χ3v) is 4.65. The second-order valence-corrected chi connectivity index (χ2v) is 5.79. The molecular weight excluding hydrogens is 248 g/mol. The van der Waals surface area contributed by atoms with E-state index in [0.717, 1.165) is 24.1 Å². The number of rotatable bonds is 6. The van der Waals surface area contributed by atoms with Gasteiger partial charge in [0.15, 0.2) is 4.88 Å². The van der Waals surface area contributed by atoms with Crippen molar-refractivity contribution in [3.05, 3.63) is 15.8 Å². The first-order valence-electron chi connectivity index (χ1n) is 6.44. The minimum absolute atomic E-state index is 0.0458. The van der Waals surface area contributed by atoms with Crippen LogP contribution in [0.4, 0.5) is 0 Å². The van der Waals surface area contributed by atoms with E-state index in [2.05, 4.69) is 25.5 Å². The van der Waals surface area contributed by atoms with Gasteiger partial charge in [-0.1, -0.05) is 27.2 Å². The minimum Gasteiger partial charge on any atom is -0.506 e. The van der Waals surface area contributed by atoms with Crippen molar-refractivity contribution in [2.24, 2.45) is 5.92 Å². The maximum atomic E-state index is 11.5. The summed E-state index contributed by atoms with van der Waals surface area (Å²) < 4.78 is 4.66. The average molecular weight is 270 g/mol. The number of hydrogen-bond donors (Lipinski definition) is 1. The van der Waals surface area contributed by atoms with Gasteiger partial charge in [0.2, 0.25) is 0 Å². The monoisotopic (exact) mass is 270 g/mol. The first kappa shape index (κ1) is 15.0. The van der Waals surface area contributed by atoms with E-state index in [1.54, 1.807) is 6.07 Å². The Balaban J connectivity index is 2.90. The van der Waals surface area contributed by atoms with Gasteiger partial charge in [-0.25, -0.2) is 4.79 Å². The molecule has 0 fully saturated rings. The largest absolute Gasteiger partial charge is 0.506 e. The molecule has 0 aliphatic carbocycles. The molecule has 0 saturated heterocycles. The Morgan fingerprint density at radius 3 is 2.61 bits per heavy atom. The molecule has 1 heterocycles. The highest BCUT2D eigenvalue weighted by Crippen LogP contribution is 2.38. The van der Waals surface area contributed by atoms with Gasteiger partial charge >= 0.3 is 5.97 Å². The molecule has 1 aromatic rings. The number of ether oxygens (including phenoxy) is 1. The molecule has 0 aromatic carbocycles. The second kappa shape index (κ2) is 6.78. The molecule has 2 unspecified atom stereocenters. The molecule has 1 N–H and O–H groups in total. The summed E-state index contributed by atoms with van der Waals surface area (Å²) in [7, 11) is 1.33. The van der Waals surface area contributed by atoms with Crippen molar-refractivity contribution in [1.29, 1.82) is 0 Å². The van der Waals surface area contributed by atoms with Crippen molar-refractivity contribution in [3.63, 3.8) is 0 Å². The summed E-state index contributed by atoms with van der Waals surface area (Å²) in [6.07, 6.45) is 3.26. The number of carbonyl (C=O) groups is 1. The molecule has 0 saturated carbocycles. The van der Waals surface area contributed by atoms with Gasteiger partial charge in [0.25, 0.3) is 0 Å². The van der Waals surface area contributed by atoms with Crippen LogP contribution in [-0.2, 0) is 4.74 Å². The molecular formula is C14H22O3S. The number of thiophene rings is 1. The van der Waals surface area contributed by atoms with Crippen LogP contribution in [0.5, 0.6) is 5.75 Å². The van der Waals surface area contributed by atoms with Crippen molar-refractivity contribution in [1.82, 2.24) is 0 Å². The maximum Gasteiger partial charge on any atom is 0.351 e. The fraction of sp³-hybridized carbons (Fsp3) is 0.643. The van der Waals surface area contributed by atoms with E-state index in [1.807, 2.05) is 0 Å².